The van der Waals surface area contributed by atoms with Crippen LogP contribution < -0.4 is 20.4 Å². The molecule has 0 aliphatic carbocycles. The van der Waals surface area contributed by atoms with E-state index >= 15 is 0 Å². The molecule has 146 heavy (non-hydrogen) atoms. The first-order valence-corrected chi connectivity index (χ1v) is 46.8. The van der Waals surface area contributed by atoms with Crippen LogP contribution in [-0.2, 0) is 110 Å². The summed E-state index contributed by atoms with van der Waals surface area (Å²) in [5.41, 5.74) is 9.74. The summed E-state index contributed by atoms with van der Waals surface area (Å²) in [6.07, 6.45) is 26.6. The molecule has 0 aliphatic heterocycles. The number of rotatable bonds is 16. The predicted octanol–water partition coefficient (Wildman–Crippen LogP) is 23.2. The smallest absolute Gasteiger partial charge is 0.412 e. The van der Waals surface area contributed by atoms with Gasteiger partial charge in [0.1, 0.15) is 0 Å². The third-order valence-corrected chi connectivity index (χ3v) is 15.5. The number of pyridine rings is 16. The van der Waals surface area contributed by atoms with Crippen molar-refractivity contribution in [3.05, 3.63) is 436 Å². The average Bonchev–Trinajstić information content (AvgIpc) is 0.785. The number of methoxy groups -OCH3 is 4. The van der Waals surface area contributed by atoms with E-state index in [-0.39, 0.29) is 79.2 Å². The quantitative estimate of drug-likeness (QED) is 0.0375. The van der Waals surface area contributed by atoms with Crippen LogP contribution in [0.5, 0.6) is 0 Å². The van der Waals surface area contributed by atoms with E-state index in [1.807, 2.05) is 146 Å². The van der Waals surface area contributed by atoms with Gasteiger partial charge in [-0.05, 0) is 194 Å². The van der Waals surface area contributed by atoms with Crippen LogP contribution in [0.2, 0.25) is 0 Å². The molecular weight excluding hydrogens is 2280 g/mol. The summed E-state index contributed by atoms with van der Waals surface area (Å²) in [6, 6.07) is 87.4. The van der Waals surface area contributed by atoms with Crippen molar-refractivity contribution in [2.75, 3.05) is 28.4 Å². The maximum Gasteiger partial charge on any atom is 2.00 e. The molecule has 16 aromatic rings. The molecule has 16 rings (SSSR count). The van der Waals surface area contributed by atoms with Gasteiger partial charge in [0.05, 0.1) is 114 Å². The van der Waals surface area contributed by atoms with Crippen molar-refractivity contribution in [3.63, 3.8) is 0 Å². The molecule has 4 N–H and O–H groups in total. The van der Waals surface area contributed by atoms with Gasteiger partial charge in [-0.3, -0.25) is 79.7 Å². The predicted molar refractivity (Wildman–Crippen MR) is 476 cm³/mol. The Morgan fingerprint density at radius 2 is 0.233 bits per heavy atom. The van der Waals surface area contributed by atoms with Crippen LogP contribution in [0.25, 0.3) is 45.6 Å². The number of nitrogens with zero attached hydrogens (tertiary/aromatic N) is 16. The van der Waals surface area contributed by atoms with E-state index in [4.69, 9.17) is 18.9 Å². The van der Waals surface area contributed by atoms with Crippen LogP contribution in [0.4, 0.5) is 101 Å². The Hall–Kier alpha value is -11.9. The summed E-state index contributed by atoms with van der Waals surface area (Å²) in [6.45, 7) is 0. The van der Waals surface area contributed by atoms with Gasteiger partial charge in [0, 0.05) is 128 Å². The molecule has 26 nitrogen and oxygen atoms in total. The van der Waals surface area contributed by atoms with Crippen LogP contribution >= 0.6 is 31.2 Å². The molecule has 0 fully saturated rings. The Kier molecular flexibility index (Phi) is 52.0. The van der Waals surface area contributed by atoms with Crippen molar-refractivity contribution < 1.29 is 219 Å². The zero-order chi connectivity index (χ0) is 104. The Morgan fingerprint density at radius 3 is 0.288 bits per heavy atom. The molecule has 0 saturated heterocycles. The van der Waals surface area contributed by atoms with Gasteiger partial charge in [0.25, 0.3) is 0 Å². The molecule has 0 atom stereocenters. The topological polar surface area (TPSA) is 398 Å². The minimum absolute atomic E-state index is 0. The van der Waals surface area contributed by atoms with Gasteiger partial charge >= 0.3 is 200 Å². The van der Waals surface area contributed by atoms with Gasteiger partial charge in [0.2, 0.25) is 0 Å². The second kappa shape index (κ2) is 55.8. The molecule has 0 aliphatic rings. The summed E-state index contributed by atoms with van der Waals surface area (Å²) in [7, 11) is -37.2. The first-order valence-electron chi connectivity index (χ1n) is 38.7. The monoisotopic (exact) mass is 2350 g/mol. The first kappa shape index (κ1) is 136. The third-order valence-electron chi connectivity index (χ3n) is 15.5. The maximum atomic E-state index is 12.5. The molecule has 0 aromatic carbocycles. The van der Waals surface area contributed by atoms with Crippen molar-refractivity contribution in [1.82, 2.24) is 79.7 Å². The number of ether oxygens (including phenoxy) is 4. The number of halogens is 24. The van der Waals surface area contributed by atoms with Gasteiger partial charge in [-0.2, -0.15) is 0 Å². The normalized spacial score (nSPS) is 12.6. The van der Waals surface area contributed by atoms with E-state index in [0.29, 0.717) is 45.6 Å². The van der Waals surface area contributed by atoms with Crippen molar-refractivity contribution in [2.24, 2.45) is 0 Å². The van der Waals surface area contributed by atoms with E-state index < -0.39 is 54.4 Å². The molecule has 0 unspecified atom stereocenters. The molecule has 0 bridgehead atoms. The molecule has 0 amide bonds. The fourth-order valence-electron chi connectivity index (χ4n) is 9.94. The van der Waals surface area contributed by atoms with Gasteiger partial charge in [-0.15, -0.1) is 0 Å². The second-order valence-electron chi connectivity index (χ2n) is 26.6. The minimum Gasteiger partial charge on any atom is -0.412 e. The summed E-state index contributed by atoms with van der Waals surface area (Å²) < 4.78 is 257. The van der Waals surface area contributed by atoms with Crippen LogP contribution in [0, 0.1) is 0 Å². The van der Waals surface area contributed by atoms with E-state index in [0.717, 1.165) is 45.6 Å². The Balaban J connectivity index is 0. The van der Waals surface area contributed by atoms with E-state index in [1.165, 1.54) is 28.4 Å². The molecule has 58 heteroatoms. The summed E-state index contributed by atoms with van der Waals surface area (Å²) in [4.78, 5) is 65.7. The molecule has 4 radical (unpaired) electrons. The summed E-state index contributed by atoms with van der Waals surface area (Å²) in [5, 5.41) is 50.1. The summed E-state index contributed by atoms with van der Waals surface area (Å²) in [5.74, 6) is -7.38. The number of aromatic nitrogens is 16. The van der Waals surface area contributed by atoms with Crippen LogP contribution in [-0.4, -0.2) is 119 Å². The largest absolute Gasteiger partial charge is 2.00 e. The van der Waals surface area contributed by atoms with Crippen LogP contribution in [0.15, 0.2) is 390 Å². The van der Waals surface area contributed by atoms with E-state index in [1.54, 1.807) is 245 Å². The number of hydrogen-bond acceptors (Lipinski definition) is 24. The van der Waals surface area contributed by atoms with Gasteiger partial charge in [0.15, 0.2) is 0 Å². The molecule has 0 spiro atoms. The fourth-order valence-corrected chi connectivity index (χ4v) is 9.94. The van der Waals surface area contributed by atoms with Crippen molar-refractivity contribution in [2.45, 2.75) is 23.1 Å². The van der Waals surface area contributed by atoms with Crippen molar-refractivity contribution in [1.29, 1.82) is 0 Å². The fraction of sp³-hybridized carbons (Fsp3) is 0.0909. The SMILES string of the molecule is COC([O-])(c1ccccn1)c1ccccn1.COC([O-])(c1ccccn1)c1ccccn1.COC([O-])(c1ccccn1)c1ccccn1.COC([O-])(c1ccccn1)c1ccccn1.F[P-](F)(F)(F)(F)F.F[P-](F)(F)(F)(F)F.F[P-](F)(F)(F)(F)F.F[P-](F)(F)(F)(F)F.O.O.[Cu+2].[Cu+2].[Cu+2].[Cu+2].c1ccc(-c2ccccn2)nc1.c1ccc(-c2ccccn2)nc1.c1ccc(-c2ccccn2)nc1.c1ccc(-c2ccccn2)nc1. The standard InChI is InChI=1S/4C12H11N2O2.4C10H8N2.4Cu.4F6P.2H2O/c4*1-16-12(15,10-6-2-4-8-13-10)11-7-3-5-9-14-11;4*1-3-7-11-9(5-1)10-6-2-4-8-12-10;;;;;4*1-7(2,3,4,5)6;;/h4*2-9H,1H3;4*1-8H;;;;;;;;;2*1H2/q4*-1;;;;;4*+2;4*-1;;. The molecular formula is C88H80Cu4F24N16O10P4. The van der Waals surface area contributed by atoms with Gasteiger partial charge in [-0.25, -0.2) is 0 Å². The van der Waals surface area contributed by atoms with Crippen LogP contribution in [0.1, 0.15) is 45.6 Å². The minimum atomic E-state index is -10.7. The Bertz CT molecular complexity index is 5150. The molecule has 16 aromatic heterocycles. The average molecular weight is 2360 g/mol. The van der Waals surface area contributed by atoms with Gasteiger partial charge in [-0.1, -0.05) is 97.1 Å². The molecule has 16 heterocycles. The van der Waals surface area contributed by atoms with E-state index in [2.05, 4.69) is 79.7 Å². The maximum absolute atomic E-state index is 12.5. The van der Waals surface area contributed by atoms with Crippen LogP contribution in [0.3, 0.4) is 0 Å². The molecule has 804 valence electrons. The zero-order valence-corrected chi connectivity index (χ0v) is 81.8. The first-order chi connectivity index (χ1) is 64.7. The Labute approximate surface area is 858 Å². The van der Waals surface area contributed by atoms with E-state index in [9.17, 15) is 121 Å². The number of hydrogen-bond donors (Lipinski definition) is 0. The summed E-state index contributed by atoms with van der Waals surface area (Å²) >= 11 is 0. The zero-order valence-electron chi connectivity index (χ0n) is 74.4. The molecule has 0 saturated carbocycles. The van der Waals surface area contributed by atoms with Gasteiger partial charge < -0.3 is 50.3 Å². The Morgan fingerprint density at radius 1 is 0.158 bits per heavy atom. The third kappa shape index (κ3) is 61.5. The van der Waals surface area contributed by atoms with Crippen molar-refractivity contribution >= 4 is 31.2 Å². The second-order valence-corrected chi connectivity index (χ2v) is 34.2. The van der Waals surface area contributed by atoms with Crippen molar-refractivity contribution in [3.8, 4) is 45.6 Å².